The molecule has 42 heavy (non-hydrogen) atoms. The van der Waals surface area contributed by atoms with Gasteiger partial charge in [-0.05, 0) is 44.1 Å². The zero-order chi connectivity index (χ0) is 32.7. The molecule has 1 aliphatic heterocycles. The Labute approximate surface area is 228 Å². The van der Waals surface area contributed by atoms with E-state index in [0.717, 1.165) is 0 Å². The summed E-state index contributed by atoms with van der Waals surface area (Å²) in [5, 5.41) is 2.87. The van der Waals surface area contributed by atoms with Crippen molar-refractivity contribution in [1.29, 1.82) is 0 Å². The second kappa shape index (κ2) is 11.9. The maximum absolute atomic E-state index is 14.4. The molecule has 20 heteroatoms. The fourth-order valence-corrected chi connectivity index (χ4v) is 4.88. The number of halogens is 14. The Morgan fingerprint density at radius 3 is 1.67 bits per heavy atom. The Bertz CT molecular complexity index is 964. The molecule has 1 aliphatic carbocycles. The number of carbonyl (C=O) groups excluding carboxylic acids is 3. The van der Waals surface area contributed by atoms with Gasteiger partial charge in [-0.3, -0.25) is 14.5 Å². The van der Waals surface area contributed by atoms with Gasteiger partial charge in [-0.15, -0.1) is 0 Å². The topological polar surface area (TPSA) is 75.7 Å². The molecule has 1 heterocycles. The van der Waals surface area contributed by atoms with Gasteiger partial charge in [0.2, 0.25) is 0 Å². The third-order valence-corrected chi connectivity index (χ3v) is 7.10. The van der Waals surface area contributed by atoms with Gasteiger partial charge >= 0.3 is 53.8 Å². The van der Waals surface area contributed by atoms with E-state index in [-0.39, 0.29) is 25.4 Å². The third-order valence-electron chi connectivity index (χ3n) is 7.10. The van der Waals surface area contributed by atoms with E-state index in [0.29, 0.717) is 19.3 Å². The van der Waals surface area contributed by atoms with Crippen molar-refractivity contribution in [3.63, 3.8) is 0 Å². The molecule has 2 rings (SSSR count). The fraction of sp³-hybridized carbons (Fsp3) is 0.864. The molecule has 2 aliphatic rings. The minimum atomic E-state index is -7.47. The normalized spacial score (nSPS) is 23.3. The number of imide groups is 1. The van der Waals surface area contributed by atoms with E-state index in [1.807, 2.05) is 0 Å². The highest BCUT2D eigenvalue weighted by Crippen LogP contribution is 2.51. The molecule has 0 radical (unpaired) electrons. The van der Waals surface area contributed by atoms with Crippen LogP contribution in [-0.2, 0) is 19.1 Å². The van der Waals surface area contributed by atoms with Crippen LogP contribution in [0.2, 0.25) is 0 Å². The smallest absolute Gasteiger partial charge is 0.460 e. The molecule has 4 atom stereocenters. The number of ether oxygens (including phenoxy) is 1. The van der Waals surface area contributed by atoms with Crippen molar-refractivity contribution in [2.45, 2.75) is 93.6 Å². The molecule has 0 aromatic carbocycles. The maximum atomic E-state index is 14.4. The van der Waals surface area contributed by atoms with Crippen molar-refractivity contribution in [2.24, 2.45) is 11.8 Å². The number of esters is 1. The molecule has 4 unspecified atom stereocenters. The highest BCUT2D eigenvalue weighted by atomic mass is 19.4. The van der Waals surface area contributed by atoms with Crippen molar-refractivity contribution < 1.29 is 80.6 Å². The van der Waals surface area contributed by atoms with Gasteiger partial charge in [-0.1, -0.05) is 19.8 Å². The number of amides is 2. The largest absolute Gasteiger partial charge is 0.464 e. The molecule has 2 fully saturated rings. The lowest BCUT2D eigenvalue weighted by atomic mass is 9.77. The molecule has 1 N–H and O–H groups in total. The SMILES string of the molecule is CCCOC(=O)C(CC1CNC2CCCCC12)N(C(=O)C(F)(F)C(F)(F)C(F)(F)F)C(=O)C(F)(F)C(F)(F)C(F)(F)F. The second-order valence-electron chi connectivity index (χ2n) is 9.92. The summed E-state index contributed by atoms with van der Waals surface area (Å²) >= 11 is 0. The molecular weight excluding hydrogens is 622 g/mol. The van der Waals surface area contributed by atoms with E-state index in [1.54, 1.807) is 0 Å². The quantitative estimate of drug-likeness (QED) is 0.251. The Morgan fingerprint density at radius 1 is 0.786 bits per heavy atom. The van der Waals surface area contributed by atoms with E-state index >= 15 is 0 Å². The van der Waals surface area contributed by atoms with Gasteiger partial charge in [0, 0.05) is 6.04 Å². The van der Waals surface area contributed by atoms with E-state index in [4.69, 9.17) is 0 Å². The average Bonchev–Trinajstić information content (AvgIpc) is 3.27. The van der Waals surface area contributed by atoms with Crippen molar-refractivity contribution in [2.75, 3.05) is 13.2 Å². The van der Waals surface area contributed by atoms with E-state index in [2.05, 4.69) is 10.1 Å². The van der Waals surface area contributed by atoms with Crippen LogP contribution in [0.1, 0.15) is 45.4 Å². The van der Waals surface area contributed by atoms with Crippen LogP contribution >= 0.6 is 0 Å². The van der Waals surface area contributed by atoms with E-state index in [9.17, 15) is 75.8 Å². The number of hydrogen-bond acceptors (Lipinski definition) is 5. The summed E-state index contributed by atoms with van der Waals surface area (Å²) in [7, 11) is 0. The average molecular weight is 646 g/mol. The van der Waals surface area contributed by atoms with Crippen molar-refractivity contribution in [3.8, 4) is 0 Å². The monoisotopic (exact) mass is 646 g/mol. The van der Waals surface area contributed by atoms with Crippen LogP contribution < -0.4 is 5.32 Å². The van der Waals surface area contributed by atoms with Gasteiger partial charge in [0.15, 0.2) is 0 Å². The lowest BCUT2D eigenvalue weighted by Crippen LogP contribution is -2.68. The second-order valence-corrected chi connectivity index (χ2v) is 9.92. The molecule has 6 nitrogen and oxygen atoms in total. The zero-order valence-corrected chi connectivity index (χ0v) is 21.3. The molecule has 2 amide bonds. The molecule has 1 saturated heterocycles. The summed E-state index contributed by atoms with van der Waals surface area (Å²) in [5.41, 5.74) is 0. The first-order valence-electron chi connectivity index (χ1n) is 12.3. The molecule has 0 bridgehead atoms. The first kappa shape index (κ1) is 35.8. The summed E-state index contributed by atoms with van der Waals surface area (Å²) in [6.45, 7) is 0.290. The van der Waals surface area contributed by atoms with Crippen LogP contribution in [0.4, 0.5) is 61.5 Å². The first-order valence-corrected chi connectivity index (χ1v) is 12.3. The number of rotatable bonds is 10. The molecular formula is C22H24F14N2O4. The Morgan fingerprint density at radius 2 is 1.24 bits per heavy atom. The number of alkyl halides is 14. The highest BCUT2D eigenvalue weighted by Gasteiger charge is 2.81. The standard InChI is InChI=1S/C22H24F14N2O4/c1-2-7-42-14(39)13(8-10-9-37-12-6-4-3-5-11(10)12)38(15(40)17(23,24)19(27,28)21(31,32)33)16(41)18(25,26)20(29,30)22(34,35)36/h10-13,37H,2-9H2,1H3. The minimum Gasteiger partial charge on any atom is -0.464 e. The Kier molecular flexibility index (Phi) is 10.2. The highest BCUT2D eigenvalue weighted by molar-refractivity contribution is 6.05. The number of carbonyl (C=O) groups is 3. The van der Waals surface area contributed by atoms with Gasteiger partial charge in [-0.2, -0.15) is 61.5 Å². The van der Waals surface area contributed by atoms with E-state index in [1.165, 1.54) is 6.92 Å². The molecule has 0 aromatic heterocycles. The molecule has 0 aromatic rings. The van der Waals surface area contributed by atoms with Gasteiger partial charge in [-0.25, -0.2) is 4.79 Å². The Hall–Kier alpha value is -2.41. The number of hydrogen-bond donors (Lipinski definition) is 1. The van der Waals surface area contributed by atoms with Crippen molar-refractivity contribution in [3.05, 3.63) is 0 Å². The van der Waals surface area contributed by atoms with Crippen LogP contribution in [0.5, 0.6) is 0 Å². The van der Waals surface area contributed by atoms with Gasteiger partial charge in [0.05, 0.1) is 6.61 Å². The number of nitrogens with zero attached hydrogens (tertiary/aromatic N) is 1. The molecule has 0 spiro atoms. The zero-order valence-electron chi connectivity index (χ0n) is 21.3. The lowest BCUT2D eigenvalue weighted by Gasteiger charge is -2.38. The minimum absolute atomic E-state index is 0.152. The van der Waals surface area contributed by atoms with Crippen molar-refractivity contribution >= 4 is 17.8 Å². The summed E-state index contributed by atoms with van der Waals surface area (Å²) in [6, 6.07) is -3.71. The third kappa shape index (κ3) is 6.27. The fourth-order valence-electron chi connectivity index (χ4n) is 4.88. The van der Waals surface area contributed by atoms with Crippen LogP contribution in [0, 0.1) is 11.8 Å². The van der Waals surface area contributed by atoms with Gasteiger partial charge in [0.1, 0.15) is 6.04 Å². The van der Waals surface area contributed by atoms with Crippen LogP contribution in [0.3, 0.4) is 0 Å². The van der Waals surface area contributed by atoms with Crippen molar-refractivity contribution in [1.82, 2.24) is 10.2 Å². The van der Waals surface area contributed by atoms with Crippen LogP contribution in [0.25, 0.3) is 0 Å². The number of fused-ring (bicyclic) bond motifs is 1. The summed E-state index contributed by atoms with van der Waals surface area (Å²) in [6.07, 6.45) is -14.2. The summed E-state index contributed by atoms with van der Waals surface area (Å²) in [5.74, 6) is -41.8. The summed E-state index contributed by atoms with van der Waals surface area (Å²) in [4.78, 5) is 35.7. The maximum Gasteiger partial charge on any atom is 0.460 e. The van der Waals surface area contributed by atoms with Gasteiger partial charge in [0.25, 0.3) is 0 Å². The first-order chi connectivity index (χ1) is 18.9. The predicted molar refractivity (Wildman–Crippen MR) is 111 cm³/mol. The Balaban J connectivity index is 2.76. The summed E-state index contributed by atoms with van der Waals surface area (Å²) < 4.78 is 194. The van der Waals surface area contributed by atoms with Gasteiger partial charge < -0.3 is 10.1 Å². The van der Waals surface area contributed by atoms with Crippen LogP contribution in [0.15, 0.2) is 0 Å². The van der Waals surface area contributed by atoms with E-state index < -0.39 is 89.6 Å². The molecule has 244 valence electrons. The lowest BCUT2D eigenvalue weighted by molar-refractivity contribution is -0.350. The predicted octanol–water partition coefficient (Wildman–Crippen LogP) is 5.50. The number of nitrogens with one attached hydrogen (secondary N) is 1. The molecule has 1 saturated carbocycles. The van der Waals surface area contributed by atoms with Crippen LogP contribution in [-0.4, -0.2) is 84.0 Å².